The molecule has 0 aliphatic carbocycles. The van der Waals surface area contributed by atoms with Gasteiger partial charge in [0, 0.05) is 17.2 Å². The maximum absolute atomic E-state index is 12.6. The van der Waals surface area contributed by atoms with Crippen molar-refractivity contribution in [2.75, 3.05) is 5.32 Å². The predicted molar refractivity (Wildman–Crippen MR) is 120 cm³/mol. The second-order valence-electron chi connectivity index (χ2n) is 7.37. The SMILES string of the molecule is Cc1cc(C)c2oc(-c3ccc(C(=O)Nc4ccccc4C(N)=O)cc3)cc(=O)c2c1. The van der Waals surface area contributed by atoms with Gasteiger partial charge in [0.05, 0.1) is 16.6 Å². The number of nitrogens with two attached hydrogens (primary N) is 1. The summed E-state index contributed by atoms with van der Waals surface area (Å²) >= 11 is 0. The minimum atomic E-state index is -0.622. The summed E-state index contributed by atoms with van der Waals surface area (Å²) in [6.07, 6.45) is 0. The lowest BCUT2D eigenvalue weighted by atomic mass is 10.1. The topological polar surface area (TPSA) is 102 Å². The third kappa shape index (κ3) is 3.96. The molecule has 4 rings (SSSR count). The molecule has 1 heterocycles. The molecular formula is C25H20N2O4. The van der Waals surface area contributed by atoms with Crippen molar-refractivity contribution in [1.82, 2.24) is 0 Å². The van der Waals surface area contributed by atoms with E-state index in [0.717, 1.165) is 11.1 Å². The van der Waals surface area contributed by atoms with Crippen molar-refractivity contribution in [3.63, 3.8) is 0 Å². The summed E-state index contributed by atoms with van der Waals surface area (Å²) in [7, 11) is 0. The molecule has 6 nitrogen and oxygen atoms in total. The Hall–Kier alpha value is -4.19. The Balaban J connectivity index is 1.64. The molecule has 0 unspecified atom stereocenters. The first kappa shape index (κ1) is 20.1. The number of hydrogen-bond donors (Lipinski definition) is 2. The number of rotatable bonds is 4. The highest BCUT2D eigenvalue weighted by Gasteiger charge is 2.13. The molecule has 3 N–H and O–H groups in total. The van der Waals surface area contributed by atoms with Crippen LogP contribution in [0.1, 0.15) is 31.8 Å². The molecule has 3 aromatic carbocycles. The molecule has 4 aromatic rings. The average molecular weight is 412 g/mol. The van der Waals surface area contributed by atoms with Crippen molar-refractivity contribution in [3.05, 3.63) is 99.2 Å². The van der Waals surface area contributed by atoms with Gasteiger partial charge in [0.15, 0.2) is 5.43 Å². The van der Waals surface area contributed by atoms with E-state index in [1.54, 1.807) is 48.5 Å². The van der Waals surface area contributed by atoms with Gasteiger partial charge < -0.3 is 15.5 Å². The van der Waals surface area contributed by atoms with E-state index < -0.39 is 5.91 Å². The maximum Gasteiger partial charge on any atom is 0.255 e. The van der Waals surface area contributed by atoms with Crippen LogP contribution in [0.25, 0.3) is 22.3 Å². The summed E-state index contributed by atoms with van der Waals surface area (Å²) in [4.78, 5) is 36.7. The molecule has 0 saturated carbocycles. The first-order chi connectivity index (χ1) is 14.8. The third-order valence-electron chi connectivity index (χ3n) is 5.03. The van der Waals surface area contributed by atoms with Crippen LogP contribution in [0.5, 0.6) is 0 Å². The van der Waals surface area contributed by atoms with Crippen LogP contribution in [0.4, 0.5) is 5.69 Å². The summed E-state index contributed by atoms with van der Waals surface area (Å²) in [5.41, 5.74) is 9.32. The Labute approximate surface area is 178 Å². The molecular weight excluding hydrogens is 392 g/mol. The van der Waals surface area contributed by atoms with E-state index in [1.165, 1.54) is 6.07 Å². The summed E-state index contributed by atoms with van der Waals surface area (Å²) in [6, 6.07) is 18.5. The average Bonchev–Trinajstić information content (AvgIpc) is 2.74. The fourth-order valence-electron chi connectivity index (χ4n) is 3.54. The number of amides is 2. The third-order valence-corrected chi connectivity index (χ3v) is 5.03. The zero-order valence-electron chi connectivity index (χ0n) is 17.1. The van der Waals surface area contributed by atoms with E-state index in [1.807, 2.05) is 26.0 Å². The Morgan fingerprint density at radius 1 is 0.935 bits per heavy atom. The van der Waals surface area contributed by atoms with Crippen LogP contribution in [0, 0.1) is 13.8 Å². The van der Waals surface area contributed by atoms with Crippen molar-refractivity contribution in [2.45, 2.75) is 13.8 Å². The van der Waals surface area contributed by atoms with E-state index in [9.17, 15) is 14.4 Å². The van der Waals surface area contributed by atoms with Gasteiger partial charge in [-0.25, -0.2) is 0 Å². The summed E-state index contributed by atoms with van der Waals surface area (Å²) in [5.74, 6) is -0.579. The maximum atomic E-state index is 12.6. The number of nitrogens with one attached hydrogen (secondary N) is 1. The Bertz CT molecular complexity index is 1390. The summed E-state index contributed by atoms with van der Waals surface area (Å²) < 4.78 is 6.00. The highest BCUT2D eigenvalue weighted by atomic mass is 16.3. The van der Waals surface area contributed by atoms with Gasteiger partial charge in [-0.05, 0) is 55.3 Å². The van der Waals surface area contributed by atoms with E-state index in [-0.39, 0.29) is 16.9 Å². The molecule has 1 aromatic heterocycles. The number of para-hydroxylation sites is 1. The number of carbonyl (C=O) groups is 2. The minimum absolute atomic E-state index is 0.118. The summed E-state index contributed by atoms with van der Waals surface area (Å²) in [6.45, 7) is 3.84. The van der Waals surface area contributed by atoms with Gasteiger partial charge in [0.25, 0.3) is 11.8 Å². The predicted octanol–water partition coefficient (Wildman–Crippen LogP) is 4.43. The molecule has 0 saturated heterocycles. The molecule has 154 valence electrons. The van der Waals surface area contributed by atoms with Gasteiger partial charge in [-0.3, -0.25) is 14.4 Å². The van der Waals surface area contributed by atoms with Crippen LogP contribution < -0.4 is 16.5 Å². The van der Waals surface area contributed by atoms with Crippen molar-refractivity contribution >= 4 is 28.5 Å². The van der Waals surface area contributed by atoms with Crippen molar-refractivity contribution in [2.24, 2.45) is 5.73 Å². The second-order valence-corrected chi connectivity index (χ2v) is 7.37. The molecule has 0 aliphatic heterocycles. The first-order valence-corrected chi connectivity index (χ1v) is 9.69. The molecule has 0 radical (unpaired) electrons. The molecule has 31 heavy (non-hydrogen) atoms. The number of benzene rings is 3. The van der Waals surface area contributed by atoms with E-state index in [4.69, 9.17) is 10.2 Å². The largest absolute Gasteiger partial charge is 0.456 e. The minimum Gasteiger partial charge on any atom is -0.456 e. The molecule has 2 amide bonds. The fourth-order valence-corrected chi connectivity index (χ4v) is 3.54. The van der Waals surface area contributed by atoms with Crippen LogP contribution in [-0.4, -0.2) is 11.8 Å². The van der Waals surface area contributed by atoms with Crippen LogP contribution in [-0.2, 0) is 0 Å². The highest BCUT2D eigenvalue weighted by Crippen LogP contribution is 2.25. The Morgan fingerprint density at radius 3 is 2.35 bits per heavy atom. The number of hydrogen-bond acceptors (Lipinski definition) is 4. The molecule has 0 spiro atoms. The van der Waals surface area contributed by atoms with E-state index in [0.29, 0.717) is 33.5 Å². The highest BCUT2D eigenvalue weighted by molar-refractivity contribution is 6.08. The van der Waals surface area contributed by atoms with Gasteiger partial charge in [-0.2, -0.15) is 0 Å². The lowest BCUT2D eigenvalue weighted by Crippen LogP contribution is -2.18. The number of carbonyl (C=O) groups excluding carboxylic acids is 2. The van der Waals surface area contributed by atoms with Gasteiger partial charge in [-0.15, -0.1) is 0 Å². The van der Waals surface area contributed by atoms with Crippen LogP contribution in [0.15, 0.2) is 75.9 Å². The van der Waals surface area contributed by atoms with Crippen LogP contribution >= 0.6 is 0 Å². The normalized spacial score (nSPS) is 10.8. The van der Waals surface area contributed by atoms with Gasteiger partial charge in [-0.1, -0.05) is 30.3 Å². The first-order valence-electron chi connectivity index (χ1n) is 9.69. The lowest BCUT2D eigenvalue weighted by molar-refractivity contribution is 0.100. The van der Waals surface area contributed by atoms with Crippen LogP contribution in [0.2, 0.25) is 0 Å². The molecule has 0 aliphatic rings. The molecule has 0 bridgehead atoms. The molecule has 0 fully saturated rings. The van der Waals surface area contributed by atoms with E-state index >= 15 is 0 Å². The van der Waals surface area contributed by atoms with Crippen molar-refractivity contribution in [1.29, 1.82) is 0 Å². The van der Waals surface area contributed by atoms with Crippen molar-refractivity contribution < 1.29 is 14.0 Å². The lowest BCUT2D eigenvalue weighted by Gasteiger charge is -2.10. The molecule has 6 heteroatoms. The molecule has 0 atom stereocenters. The number of fused-ring (bicyclic) bond motifs is 1. The second kappa shape index (κ2) is 7.91. The Kier molecular flexibility index (Phi) is 5.13. The number of primary amides is 1. The van der Waals surface area contributed by atoms with Gasteiger partial charge in [0.1, 0.15) is 11.3 Å². The number of anilines is 1. The quantitative estimate of drug-likeness (QED) is 0.518. The zero-order chi connectivity index (χ0) is 22.1. The zero-order valence-corrected chi connectivity index (χ0v) is 17.1. The Morgan fingerprint density at radius 2 is 1.65 bits per heavy atom. The smallest absolute Gasteiger partial charge is 0.255 e. The van der Waals surface area contributed by atoms with Gasteiger partial charge in [0.2, 0.25) is 0 Å². The van der Waals surface area contributed by atoms with Crippen LogP contribution in [0.3, 0.4) is 0 Å². The van der Waals surface area contributed by atoms with Crippen molar-refractivity contribution in [3.8, 4) is 11.3 Å². The summed E-state index contributed by atoms with van der Waals surface area (Å²) in [5, 5.41) is 3.25. The standard InChI is InChI=1S/C25H20N2O4/c1-14-11-15(2)23-19(12-14)21(28)13-22(31-23)16-7-9-17(10-8-16)25(30)27-20-6-4-3-5-18(20)24(26)29/h3-13H,1-2H3,(H2,26,29)(H,27,30). The number of aryl methyl sites for hydroxylation is 2. The van der Waals surface area contributed by atoms with Gasteiger partial charge >= 0.3 is 0 Å². The van der Waals surface area contributed by atoms with E-state index in [2.05, 4.69) is 5.32 Å². The monoisotopic (exact) mass is 412 g/mol. The fraction of sp³-hybridized carbons (Fsp3) is 0.0800.